The molecule has 1 aromatic carbocycles. The van der Waals surface area contributed by atoms with Gasteiger partial charge in [-0.15, -0.1) is 11.8 Å². The lowest BCUT2D eigenvalue weighted by Gasteiger charge is -2.17. The number of aromatic nitrogens is 2. The molecule has 0 saturated heterocycles. The predicted molar refractivity (Wildman–Crippen MR) is 87.1 cm³/mol. The molecular weight excluding hydrogens is 304 g/mol. The molecule has 2 unspecified atom stereocenters. The third kappa shape index (κ3) is 2.85. The molecule has 0 fully saturated rings. The summed E-state index contributed by atoms with van der Waals surface area (Å²) in [5.74, 6) is 0. The van der Waals surface area contributed by atoms with Gasteiger partial charge in [0.15, 0.2) is 0 Å². The van der Waals surface area contributed by atoms with Crippen LogP contribution >= 0.6 is 23.4 Å². The third-order valence-electron chi connectivity index (χ3n) is 4.01. The Hall–Kier alpha value is -0.970. The molecule has 3 rings (SSSR count). The van der Waals surface area contributed by atoms with Gasteiger partial charge in [0.25, 0.3) is 0 Å². The van der Waals surface area contributed by atoms with Crippen LogP contribution in [0, 0.1) is 0 Å². The van der Waals surface area contributed by atoms with Gasteiger partial charge in [-0.1, -0.05) is 36.7 Å². The van der Waals surface area contributed by atoms with E-state index in [9.17, 15) is 5.11 Å². The van der Waals surface area contributed by atoms with E-state index in [0.717, 1.165) is 24.2 Å². The van der Waals surface area contributed by atoms with Gasteiger partial charge in [-0.25, -0.2) is 0 Å². The summed E-state index contributed by atoms with van der Waals surface area (Å²) in [7, 11) is 1.89. The van der Waals surface area contributed by atoms with Crippen molar-refractivity contribution >= 4 is 23.4 Å². The number of aryl methyl sites for hydroxylation is 2. The Morgan fingerprint density at radius 1 is 1.48 bits per heavy atom. The van der Waals surface area contributed by atoms with E-state index in [1.165, 1.54) is 10.5 Å². The minimum absolute atomic E-state index is 0.193. The maximum absolute atomic E-state index is 10.6. The molecule has 1 aliphatic rings. The normalized spacial score (nSPS) is 18.8. The zero-order valence-corrected chi connectivity index (χ0v) is 13.8. The van der Waals surface area contributed by atoms with Crippen molar-refractivity contribution in [3.63, 3.8) is 0 Å². The van der Waals surface area contributed by atoms with Crippen molar-refractivity contribution in [2.24, 2.45) is 7.05 Å². The van der Waals surface area contributed by atoms with Crippen molar-refractivity contribution in [2.45, 2.75) is 42.4 Å². The number of nitrogens with zero attached hydrogens (tertiary/aromatic N) is 2. The molecule has 1 N–H and O–H groups in total. The zero-order valence-electron chi connectivity index (χ0n) is 12.2. The number of rotatable bonds is 4. The molecule has 0 saturated carbocycles. The first kappa shape index (κ1) is 14.9. The Morgan fingerprint density at radius 3 is 2.90 bits per heavy atom. The summed E-state index contributed by atoms with van der Waals surface area (Å²) in [5.41, 5.74) is 3.17. The molecule has 5 heteroatoms. The van der Waals surface area contributed by atoms with Crippen LogP contribution in [-0.2, 0) is 26.3 Å². The number of aliphatic hydroxyl groups is 1. The summed E-state index contributed by atoms with van der Waals surface area (Å²) in [5, 5.41) is 15.9. The number of hydrogen-bond acceptors (Lipinski definition) is 3. The summed E-state index contributed by atoms with van der Waals surface area (Å²) in [6.07, 6.45) is 1.86. The van der Waals surface area contributed by atoms with Gasteiger partial charge in [-0.3, -0.25) is 4.68 Å². The Kier molecular flexibility index (Phi) is 4.29. The van der Waals surface area contributed by atoms with Gasteiger partial charge in [-0.05, 0) is 24.5 Å². The molecule has 21 heavy (non-hydrogen) atoms. The van der Waals surface area contributed by atoms with E-state index in [-0.39, 0.29) is 5.25 Å². The molecule has 112 valence electrons. The van der Waals surface area contributed by atoms with Crippen LogP contribution in [0.15, 0.2) is 29.2 Å². The van der Waals surface area contributed by atoms with E-state index in [4.69, 9.17) is 11.6 Å². The predicted octanol–water partition coefficient (Wildman–Crippen LogP) is 3.26. The Morgan fingerprint density at radius 2 is 2.24 bits per heavy atom. The maximum atomic E-state index is 10.6. The van der Waals surface area contributed by atoms with Crippen molar-refractivity contribution < 1.29 is 5.11 Å². The Labute approximate surface area is 134 Å². The van der Waals surface area contributed by atoms with Crippen LogP contribution in [0.3, 0.4) is 0 Å². The second kappa shape index (κ2) is 6.03. The first-order chi connectivity index (χ1) is 10.1. The van der Waals surface area contributed by atoms with Crippen molar-refractivity contribution in [1.82, 2.24) is 9.78 Å². The summed E-state index contributed by atoms with van der Waals surface area (Å²) >= 11 is 8.13. The summed E-state index contributed by atoms with van der Waals surface area (Å²) in [4.78, 5) is 1.28. The first-order valence-electron chi connectivity index (χ1n) is 7.23. The fraction of sp³-hybridized carbons (Fsp3) is 0.438. The highest BCUT2D eigenvalue weighted by molar-refractivity contribution is 8.00. The minimum Gasteiger partial charge on any atom is -0.392 e. The molecule has 2 heterocycles. The van der Waals surface area contributed by atoms with E-state index < -0.39 is 6.10 Å². The van der Waals surface area contributed by atoms with Gasteiger partial charge in [0.1, 0.15) is 0 Å². The number of halogens is 1. The molecule has 2 atom stereocenters. The van der Waals surface area contributed by atoms with Crippen LogP contribution in [-0.4, -0.2) is 26.2 Å². The van der Waals surface area contributed by atoms with Crippen molar-refractivity contribution in [1.29, 1.82) is 0 Å². The van der Waals surface area contributed by atoms with Gasteiger partial charge in [0.2, 0.25) is 0 Å². The molecule has 0 amide bonds. The highest BCUT2D eigenvalue weighted by atomic mass is 35.5. The van der Waals surface area contributed by atoms with Gasteiger partial charge in [-0.2, -0.15) is 5.10 Å². The van der Waals surface area contributed by atoms with Gasteiger partial charge < -0.3 is 5.11 Å². The molecule has 0 aliphatic carbocycles. The van der Waals surface area contributed by atoms with Crippen LogP contribution in [0.25, 0.3) is 0 Å². The lowest BCUT2D eigenvalue weighted by Crippen LogP contribution is -2.26. The molecular formula is C16H19ClN2OS. The van der Waals surface area contributed by atoms with Crippen molar-refractivity contribution in [3.8, 4) is 0 Å². The van der Waals surface area contributed by atoms with E-state index in [1.54, 1.807) is 16.4 Å². The highest BCUT2D eigenvalue weighted by Crippen LogP contribution is 2.39. The van der Waals surface area contributed by atoms with Gasteiger partial charge in [0.05, 0.1) is 22.5 Å². The molecule has 0 spiro atoms. The quantitative estimate of drug-likeness (QED) is 0.939. The highest BCUT2D eigenvalue weighted by Gasteiger charge is 2.29. The summed E-state index contributed by atoms with van der Waals surface area (Å²) < 4.78 is 1.80. The lowest BCUT2D eigenvalue weighted by molar-refractivity contribution is 0.170. The Bertz CT molecular complexity index is 631. The minimum atomic E-state index is -0.417. The van der Waals surface area contributed by atoms with Gasteiger partial charge in [0, 0.05) is 23.6 Å². The number of thioether (sulfide) groups is 1. The number of benzene rings is 1. The van der Waals surface area contributed by atoms with E-state index >= 15 is 0 Å². The average molecular weight is 323 g/mol. The van der Waals surface area contributed by atoms with Gasteiger partial charge >= 0.3 is 0 Å². The van der Waals surface area contributed by atoms with Crippen LogP contribution in [0.1, 0.15) is 23.9 Å². The molecule has 2 aromatic rings. The van der Waals surface area contributed by atoms with E-state index in [0.29, 0.717) is 11.4 Å². The van der Waals surface area contributed by atoms with Crippen LogP contribution in [0.4, 0.5) is 0 Å². The zero-order chi connectivity index (χ0) is 15.0. The van der Waals surface area contributed by atoms with E-state index in [1.807, 2.05) is 20.0 Å². The molecule has 0 radical (unpaired) electrons. The number of aliphatic hydroxyl groups excluding tert-OH is 1. The SMILES string of the molecule is CCc1nn(C)c(CC(O)C2Cc3ccccc3S2)c1Cl. The largest absolute Gasteiger partial charge is 0.392 e. The molecule has 0 bridgehead atoms. The average Bonchev–Trinajstić information content (AvgIpc) is 3.03. The topological polar surface area (TPSA) is 38.0 Å². The van der Waals surface area contributed by atoms with Crippen LogP contribution < -0.4 is 0 Å². The lowest BCUT2D eigenvalue weighted by atomic mass is 10.0. The van der Waals surface area contributed by atoms with Crippen LogP contribution in [0.2, 0.25) is 5.02 Å². The summed E-state index contributed by atoms with van der Waals surface area (Å²) in [6.45, 7) is 2.04. The molecule has 1 aromatic heterocycles. The van der Waals surface area contributed by atoms with Crippen molar-refractivity contribution in [2.75, 3.05) is 0 Å². The fourth-order valence-electron chi connectivity index (χ4n) is 2.79. The first-order valence-corrected chi connectivity index (χ1v) is 8.48. The van der Waals surface area contributed by atoms with E-state index in [2.05, 4.69) is 23.3 Å². The monoisotopic (exact) mass is 322 g/mol. The third-order valence-corrected chi connectivity index (χ3v) is 5.88. The van der Waals surface area contributed by atoms with Crippen LogP contribution in [0.5, 0.6) is 0 Å². The molecule has 1 aliphatic heterocycles. The Balaban J connectivity index is 1.74. The smallest absolute Gasteiger partial charge is 0.0850 e. The summed E-state index contributed by atoms with van der Waals surface area (Å²) in [6, 6.07) is 8.37. The standard InChI is InChI=1S/C16H19ClN2OS/c1-3-11-16(17)12(19(2)18-11)9-13(20)15-8-10-6-4-5-7-14(10)21-15/h4-7,13,15,20H,3,8-9H2,1-2H3. The second-order valence-electron chi connectivity index (χ2n) is 5.42. The van der Waals surface area contributed by atoms with Crippen molar-refractivity contribution in [3.05, 3.63) is 46.2 Å². The fourth-order valence-corrected chi connectivity index (χ4v) is 4.47. The molecule has 3 nitrogen and oxygen atoms in total. The number of fused-ring (bicyclic) bond motifs is 1. The second-order valence-corrected chi connectivity index (χ2v) is 7.08. The number of hydrogen-bond donors (Lipinski definition) is 1. The maximum Gasteiger partial charge on any atom is 0.0850 e.